The van der Waals surface area contributed by atoms with Gasteiger partial charge in [0, 0.05) is 36.1 Å². The molecule has 2 aliphatic heterocycles. The summed E-state index contributed by atoms with van der Waals surface area (Å²) < 4.78 is 0. The van der Waals surface area contributed by atoms with Gasteiger partial charge in [0.05, 0.1) is 0 Å². The van der Waals surface area contributed by atoms with Gasteiger partial charge in [-0.3, -0.25) is 9.80 Å². The van der Waals surface area contributed by atoms with Crippen LogP contribution in [0.2, 0.25) is 5.02 Å². The molecular formula is C31H37ClN2S. The molecule has 5 rings (SSSR count). The highest BCUT2D eigenvalue weighted by Crippen LogP contribution is 2.29. The second-order valence-electron chi connectivity index (χ2n) is 10.2. The molecule has 3 aromatic rings. The summed E-state index contributed by atoms with van der Waals surface area (Å²) in [6, 6.07) is 26.5. The van der Waals surface area contributed by atoms with Crippen molar-refractivity contribution in [1.29, 1.82) is 0 Å². The number of halogens is 1. The average molecular weight is 505 g/mol. The summed E-state index contributed by atoms with van der Waals surface area (Å²) >= 11 is 8.21. The summed E-state index contributed by atoms with van der Waals surface area (Å²) in [4.78, 5) is 6.66. The lowest BCUT2D eigenvalue weighted by Gasteiger charge is -2.32. The van der Waals surface area contributed by atoms with Crippen molar-refractivity contribution in [3.05, 3.63) is 100 Å². The fraction of sp³-hybridized carbons (Fsp3) is 0.419. The SMILES string of the molecule is Clc1cccc(CN2CCC(CCSc3ccc4c(c3)CCN(Cc3ccccc3)CC4)CC2)c1. The number of benzene rings is 3. The smallest absolute Gasteiger partial charge is 0.0409 e. The fourth-order valence-electron chi connectivity index (χ4n) is 5.51. The van der Waals surface area contributed by atoms with Gasteiger partial charge in [-0.15, -0.1) is 11.8 Å². The molecule has 2 nitrogen and oxygen atoms in total. The Hall–Kier alpha value is -1.78. The minimum atomic E-state index is 0.844. The molecule has 0 unspecified atom stereocenters. The second kappa shape index (κ2) is 12.5. The Kier molecular flexibility index (Phi) is 8.86. The Labute approximate surface area is 220 Å². The summed E-state index contributed by atoms with van der Waals surface area (Å²) in [5, 5.41) is 0.844. The summed E-state index contributed by atoms with van der Waals surface area (Å²) in [6.45, 7) is 6.82. The zero-order chi connectivity index (χ0) is 23.9. The van der Waals surface area contributed by atoms with E-state index in [-0.39, 0.29) is 0 Å². The number of fused-ring (bicyclic) bond motifs is 1. The Morgan fingerprint density at radius 2 is 1.43 bits per heavy atom. The molecule has 0 radical (unpaired) electrons. The molecule has 4 heteroatoms. The Bertz CT molecular complexity index is 1080. The van der Waals surface area contributed by atoms with Gasteiger partial charge < -0.3 is 0 Å². The first-order valence-electron chi connectivity index (χ1n) is 13.2. The lowest BCUT2D eigenvalue weighted by Crippen LogP contribution is -2.33. The first-order valence-corrected chi connectivity index (χ1v) is 14.6. The van der Waals surface area contributed by atoms with Crippen LogP contribution in [0.15, 0.2) is 77.7 Å². The van der Waals surface area contributed by atoms with Crippen molar-refractivity contribution in [2.75, 3.05) is 31.9 Å². The number of nitrogens with zero attached hydrogens (tertiary/aromatic N) is 2. The van der Waals surface area contributed by atoms with E-state index in [0.717, 1.165) is 37.1 Å². The molecule has 184 valence electrons. The van der Waals surface area contributed by atoms with Gasteiger partial charge in [0.15, 0.2) is 0 Å². The summed E-state index contributed by atoms with van der Waals surface area (Å²) in [6.07, 6.45) is 6.31. The molecule has 2 aliphatic rings. The molecule has 35 heavy (non-hydrogen) atoms. The molecule has 0 aliphatic carbocycles. The van der Waals surface area contributed by atoms with Crippen molar-refractivity contribution in [2.45, 2.75) is 50.1 Å². The van der Waals surface area contributed by atoms with Crippen molar-refractivity contribution in [2.24, 2.45) is 5.92 Å². The van der Waals surface area contributed by atoms with E-state index in [9.17, 15) is 0 Å². The largest absolute Gasteiger partial charge is 0.299 e. The van der Waals surface area contributed by atoms with E-state index < -0.39 is 0 Å². The van der Waals surface area contributed by atoms with E-state index in [0.29, 0.717) is 0 Å². The first-order chi connectivity index (χ1) is 17.2. The predicted molar refractivity (Wildman–Crippen MR) is 150 cm³/mol. The molecule has 1 fully saturated rings. The van der Waals surface area contributed by atoms with E-state index in [2.05, 4.69) is 88.3 Å². The average Bonchev–Trinajstić information content (AvgIpc) is 3.08. The predicted octanol–water partition coefficient (Wildman–Crippen LogP) is 7.34. The fourth-order valence-corrected chi connectivity index (χ4v) is 6.80. The molecular weight excluding hydrogens is 468 g/mol. The molecule has 0 aromatic heterocycles. The van der Waals surface area contributed by atoms with Crippen LogP contribution in [0.25, 0.3) is 0 Å². The molecule has 3 aromatic carbocycles. The van der Waals surface area contributed by atoms with Crippen LogP contribution in [-0.2, 0) is 25.9 Å². The third-order valence-electron chi connectivity index (χ3n) is 7.62. The maximum atomic E-state index is 6.15. The van der Waals surface area contributed by atoms with Crippen LogP contribution in [-0.4, -0.2) is 41.7 Å². The monoisotopic (exact) mass is 504 g/mol. The van der Waals surface area contributed by atoms with Crippen LogP contribution in [0, 0.1) is 5.92 Å². The lowest BCUT2D eigenvalue weighted by molar-refractivity contribution is 0.175. The number of hydrogen-bond donors (Lipinski definition) is 0. The normalized spacial score (nSPS) is 17.7. The summed E-state index contributed by atoms with van der Waals surface area (Å²) in [5.74, 6) is 2.10. The highest BCUT2D eigenvalue weighted by Gasteiger charge is 2.19. The Balaban J connectivity index is 1.04. The van der Waals surface area contributed by atoms with Gasteiger partial charge in [0.2, 0.25) is 0 Å². The maximum absolute atomic E-state index is 6.15. The summed E-state index contributed by atoms with van der Waals surface area (Å²) in [5.41, 5.74) is 5.87. The third-order valence-corrected chi connectivity index (χ3v) is 8.88. The topological polar surface area (TPSA) is 6.48 Å². The standard InChI is InChI=1S/C31H37ClN2S/c32-30-8-4-7-27(21-30)24-33-16-11-25(12-17-33)15-20-35-31-10-9-28-13-18-34(19-14-29(28)22-31)23-26-5-2-1-3-6-26/h1-10,21-22,25H,11-20,23-24H2. The number of likely N-dealkylation sites (tertiary alicyclic amines) is 1. The molecule has 0 N–H and O–H groups in total. The van der Waals surface area contributed by atoms with Crippen LogP contribution >= 0.6 is 23.4 Å². The second-order valence-corrected chi connectivity index (χ2v) is 11.8. The van der Waals surface area contributed by atoms with Gasteiger partial charge in [0.1, 0.15) is 0 Å². The van der Waals surface area contributed by atoms with Crippen LogP contribution in [0.5, 0.6) is 0 Å². The minimum Gasteiger partial charge on any atom is -0.299 e. The van der Waals surface area contributed by atoms with Crippen LogP contribution in [0.1, 0.15) is 41.5 Å². The van der Waals surface area contributed by atoms with Crippen molar-refractivity contribution < 1.29 is 0 Å². The van der Waals surface area contributed by atoms with E-state index in [4.69, 9.17) is 11.6 Å². The number of hydrogen-bond acceptors (Lipinski definition) is 3. The summed E-state index contributed by atoms with van der Waals surface area (Å²) in [7, 11) is 0. The lowest BCUT2D eigenvalue weighted by atomic mass is 9.94. The maximum Gasteiger partial charge on any atom is 0.0409 e. The first kappa shape index (κ1) is 24.9. The van der Waals surface area contributed by atoms with Crippen molar-refractivity contribution >= 4 is 23.4 Å². The number of thioether (sulfide) groups is 1. The third kappa shape index (κ3) is 7.36. The molecule has 2 heterocycles. The van der Waals surface area contributed by atoms with Gasteiger partial charge >= 0.3 is 0 Å². The Morgan fingerprint density at radius 1 is 0.714 bits per heavy atom. The quantitative estimate of drug-likeness (QED) is 0.296. The van der Waals surface area contributed by atoms with E-state index in [1.807, 2.05) is 6.07 Å². The van der Waals surface area contributed by atoms with Gasteiger partial charge in [-0.1, -0.05) is 60.1 Å². The number of piperidine rings is 1. The molecule has 0 amide bonds. The van der Waals surface area contributed by atoms with Crippen molar-refractivity contribution in [1.82, 2.24) is 9.80 Å². The van der Waals surface area contributed by atoms with E-state index in [1.54, 1.807) is 11.1 Å². The van der Waals surface area contributed by atoms with Crippen molar-refractivity contribution in [3.63, 3.8) is 0 Å². The van der Waals surface area contributed by atoms with Crippen molar-refractivity contribution in [3.8, 4) is 0 Å². The van der Waals surface area contributed by atoms with Gasteiger partial charge in [-0.05, 0) is 103 Å². The van der Waals surface area contributed by atoms with E-state index >= 15 is 0 Å². The highest BCUT2D eigenvalue weighted by atomic mass is 35.5. The van der Waals surface area contributed by atoms with Gasteiger partial charge in [-0.25, -0.2) is 0 Å². The molecule has 0 atom stereocenters. The van der Waals surface area contributed by atoms with Gasteiger partial charge in [-0.2, -0.15) is 0 Å². The minimum absolute atomic E-state index is 0.844. The molecule has 0 saturated carbocycles. The highest BCUT2D eigenvalue weighted by molar-refractivity contribution is 7.99. The molecule has 1 saturated heterocycles. The molecule has 0 spiro atoms. The van der Waals surface area contributed by atoms with Gasteiger partial charge in [0.25, 0.3) is 0 Å². The number of rotatable bonds is 8. The Morgan fingerprint density at radius 3 is 2.23 bits per heavy atom. The van der Waals surface area contributed by atoms with E-state index in [1.165, 1.54) is 67.0 Å². The molecule has 0 bridgehead atoms. The zero-order valence-corrected chi connectivity index (χ0v) is 22.2. The zero-order valence-electron chi connectivity index (χ0n) is 20.7. The van der Waals surface area contributed by atoms with Crippen LogP contribution in [0.3, 0.4) is 0 Å². The van der Waals surface area contributed by atoms with Crippen LogP contribution < -0.4 is 0 Å². The van der Waals surface area contributed by atoms with Crippen LogP contribution in [0.4, 0.5) is 0 Å².